The summed E-state index contributed by atoms with van der Waals surface area (Å²) in [5.74, 6) is 0.693. The van der Waals surface area contributed by atoms with Gasteiger partial charge in [-0.3, -0.25) is 0 Å². The van der Waals surface area contributed by atoms with Gasteiger partial charge in [-0.05, 0) is 25.7 Å². The Morgan fingerprint density at radius 2 is 1.89 bits per heavy atom. The van der Waals surface area contributed by atoms with Gasteiger partial charge in [-0.1, -0.05) is 13.8 Å². The highest BCUT2D eigenvalue weighted by molar-refractivity contribution is 7.64. The second-order valence-electron chi connectivity index (χ2n) is 3.81. The van der Waals surface area contributed by atoms with Gasteiger partial charge in [-0.15, -0.1) is 0 Å². The summed E-state index contributed by atoms with van der Waals surface area (Å²) in [7, 11) is -1.79. The molecule has 1 fully saturated rings. The van der Waals surface area contributed by atoms with Gasteiger partial charge in [0.25, 0.3) is 0 Å². The van der Waals surface area contributed by atoms with Crippen LogP contribution in [0.15, 0.2) is 0 Å². The lowest BCUT2D eigenvalue weighted by Gasteiger charge is -2.14. The van der Waals surface area contributed by atoms with Crippen molar-refractivity contribution < 1.29 is 4.57 Å². The Morgan fingerprint density at radius 3 is 1.89 bits per heavy atom. The minimum atomic E-state index is -1.79. The molecule has 0 N–H and O–H groups in total. The predicted molar refractivity (Wildman–Crippen MR) is 41.6 cm³/mol. The average molecular weight is 146 g/mol. The van der Waals surface area contributed by atoms with Crippen LogP contribution in [0.4, 0.5) is 0 Å². The third kappa shape index (κ3) is 0.961. The molecule has 0 aliphatic heterocycles. The van der Waals surface area contributed by atoms with E-state index in [1.165, 1.54) is 0 Å². The third-order valence-corrected chi connectivity index (χ3v) is 5.93. The maximum atomic E-state index is 11.5. The van der Waals surface area contributed by atoms with Gasteiger partial charge in [0.15, 0.2) is 0 Å². The predicted octanol–water partition coefficient (Wildman–Crippen LogP) is 2.41. The molecular formula is C7H15OP. The Morgan fingerprint density at radius 1 is 1.56 bits per heavy atom. The van der Waals surface area contributed by atoms with Crippen LogP contribution in [0.2, 0.25) is 0 Å². The van der Waals surface area contributed by atoms with Crippen molar-refractivity contribution in [3.63, 3.8) is 0 Å². The molecule has 1 nitrogen and oxygen atoms in total. The molecule has 0 spiro atoms. The minimum Gasteiger partial charge on any atom is -0.324 e. The molecule has 0 amide bonds. The second-order valence-corrected chi connectivity index (χ2v) is 7.54. The lowest BCUT2D eigenvalue weighted by atomic mass is 10.4. The zero-order chi connectivity index (χ0) is 7.28. The monoisotopic (exact) mass is 146 g/mol. The summed E-state index contributed by atoms with van der Waals surface area (Å²) in [5.41, 5.74) is 0. The van der Waals surface area contributed by atoms with Crippen molar-refractivity contribution in [2.75, 3.05) is 13.3 Å². The quantitative estimate of drug-likeness (QED) is 0.519. The van der Waals surface area contributed by atoms with Crippen molar-refractivity contribution in [1.82, 2.24) is 0 Å². The number of hydrogen-bond donors (Lipinski definition) is 0. The lowest BCUT2D eigenvalue weighted by Crippen LogP contribution is -2.03. The molecule has 0 aromatic heterocycles. The molecule has 1 saturated carbocycles. The first-order valence-corrected chi connectivity index (χ1v) is 6.03. The van der Waals surface area contributed by atoms with Crippen molar-refractivity contribution in [2.24, 2.45) is 5.92 Å². The summed E-state index contributed by atoms with van der Waals surface area (Å²) < 4.78 is 11.5. The molecule has 0 aromatic carbocycles. The molecule has 2 unspecified atom stereocenters. The van der Waals surface area contributed by atoms with Crippen LogP contribution < -0.4 is 0 Å². The topological polar surface area (TPSA) is 17.1 Å². The fourth-order valence-corrected chi connectivity index (χ4v) is 3.09. The van der Waals surface area contributed by atoms with Gasteiger partial charge >= 0.3 is 0 Å². The highest BCUT2D eigenvalue weighted by Gasteiger charge is 2.54. The van der Waals surface area contributed by atoms with E-state index in [0.717, 1.165) is 6.42 Å². The highest BCUT2D eigenvalue weighted by Crippen LogP contribution is 2.68. The molecular weight excluding hydrogens is 131 g/mol. The summed E-state index contributed by atoms with van der Waals surface area (Å²) in [5, 5.41) is 0.201. The van der Waals surface area contributed by atoms with Crippen LogP contribution in [0.1, 0.15) is 20.3 Å². The summed E-state index contributed by atoms with van der Waals surface area (Å²) >= 11 is 0. The molecule has 1 rings (SSSR count). The van der Waals surface area contributed by atoms with E-state index in [9.17, 15) is 4.57 Å². The first-order valence-electron chi connectivity index (χ1n) is 3.43. The van der Waals surface area contributed by atoms with E-state index < -0.39 is 7.14 Å². The number of rotatable bonds is 1. The van der Waals surface area contributed by atoms with Gasteiger partial charge in [-0.25, -0.2) is 0 Å². The van der Waals surface area contributed by atoms with Gasteiger partial charge in [0, 0.05) is 5.16 Å². The maximum Gasteiger partial charge on any atom is 0.0877 e. The average Bonchev–Trinajstić information content (AvgIpc) is 2.13. The molecule has 54 valence electrons. The maximum absolute atomic E-state index is 11.5. The Bertz CT molecular complexity index is 170. The first-order chi connectivity index (χ1) is 3.88. The van der Waals surface area contributed by atoms with Gasteiger partial charge < -0.3 is 4.57 Å². The normalized spacial score (nSPS) is 42.9. The minimum absolute atomic E-state index is 0.201. The summed E-state index contributed by atoms with van der Waals surface area (Å²) in [6, 6.07) is 0. The van der Waals surface area contributed by atoms with Crippen molar-refractivity contribution >= 4 is 7.14 Å². The van der Waals surface area contributed by atoms with Gasteiger partial charge in [-0.2, -0.15) is 0 Å². The molecule has 1 aliphatic rings. The molecule has 0 bridgehead atoms. The van der Waals surface area contributed by atoms with E-state index in [1.807, 2.05) is 13.3 Å². The fraction of sp³-hybridized carbons (Fsp3) is 1.00. The summed E-state index contributed by atoms with van der Waals surface area (Å²) in [6.07, 6.45) is 1.16. The fourth-order valence-electron chi connectivity index (χ4n) is 1.31. The Hall–Kier alpha value is 0.230. The molecule has 9 heavy (non-hydrogen) atoms. The standard InChI is InChI=1S/C7H15OP/c1-6-5-7(6,2)9(3,4)8/h6H,5H2,1-4H3. The van der Waals surface area contributed by atoms with Crippen molar-refractivity contribution in [1.29, 1.82) is 0 Å². The van der Waals surface area contributed by atoms with E-state index in [2.05, 4.69) is 13.8 Å². The second kappa shape index (κ2) is 1.63. The van der Waals surface area contributed by atoms with Crippen LogP contribution >= 0.6 is 7.14 Å². The zero-order valence-electron chi connectivity index (χ0n) is 6.64. The largest absolute Gasteiger partial charge is 0.324 e. The van der Waals surface area contributed by atoms with Crippen LogP contribution in [0, 0.1) is 5.92 Å². The molecule has 2 heteroatoms. The Kier molecular flexibility index (Phi) is 1.33. The van der Waals surface area contributed by atoms with E-state index >= 15 is 0 Å². The van der Waals surface area contributed by atoms with Gasteiger partial charge in [0.05, 0.1) is 7.14 Å². The van der Waals surface area contributed by atoms with E-state index in [-0.39, 0.29) is 5.16 Å². The number of hydrogen-bond acceptors (Lipinski definition) is 1. The van der Waals surface area contributed by atoms with Gasteiger partial charge in [0.2, 0.25) is 0 Å². The highest BCUT2D eigenvalue weighted by atomic mass is 31.2. The summed E-state index contributed by atoms with van der Waals surface area (Å²) in [4.78, 5) is 0. The van der Waals surface area contributed by atoms with Crippen molar-refractivity contribution in [2.45, 2.75) is 25.4 Å². The molecule has 0 radical (unpaired) electrons. The smallest absolute Gasteiger partial charge is 0.0877 e. The SMILES string of the molecule is CC1CC1(C)P(C)(C)=O. The zero-order valence-corrected chi connectivity index (χ0v) is 7.53. The first kappa shape index (κ1) is 7.34. The van der Waals surface area contributed by atoms with Crippen molar-refractivity contribution in [3.8, 4) is 0 Å². The summed E-state index contributed by atoms with van der Waals surface area (Å²) in [6.45, 7) is 8.12. The molecule has 0 saturated heterocycles. The Balaban J connectivity index is 2.76. The van der Waals surface area contributed by atoms with E-state index in [0.29, 0.717) is 5.92 Å². The molecule has 1 aliphatic carbocycles. The van der Waals surface area contributed by atoms with Crippen LogP contribution in [-0.4, -0.2) is 18.5 Å². The van der Waals surface area contributed by atoms with E-state index in [4.69, 9.17) is 0 Å². The Labute approximate surface area is 57.2 Å². The lowest BCUT2D eigenvalue weighted by molar-refractivity contribution is 0.569. The third-order valence-electron chi connectivity index (χ3n) is 2.85. The van der Waals surface area contributed by atoms with Crippen molar-refractivity contribution in [3.05, 3.63) is 0 Å². The van der Waals surface area contributed by atoms with Gasteiger partial charge in [0.1, 0.15) is 0 Å². The van der Waals surface area contributed by atoms with Crippen LogP contribution in [0.25, 0.3) is 0 Å². The molecule has 2 atom stereocenters. The van der Waals surface area contributed by atoms with Crippen LogP contribution in [0.3, 0.4) is 0 Å². The van der Waals surface area contributed by atoms with Crippen LogP contribution in [-0.2, 0) is 4.57 Å². The molecule has 0 heterocycles. The van der Waals surface area contributed by atoms with E-state index in [1.54, 1.807) is 0 Å². The molecule has 0 aromatic rings. The van der Waals surface area contributed by atoms with Crippen LogP contribution in [0.5, 0.6) is 0 Å².